The van der Waals surface area contributed by atoms with E-state index in [2.05, 4.69) is 4.98 Å². The monoisotopic (exact) mass is 240 g/mol. The van der Waals surface area contributed by atoms with Gasteiger partial charge in [0.1, 0.15) is 17.2 Å². The molecule has 3 aromatic rings. The molecular formula is C13H12N4O. The minimum atomic E-state index is 0.0895. The molecule has 5 nitrogen and oxygen atoms in total. The first kappa shape index (κ1) is 10.5. The van der Waals surface area contributed by atoms with Gasteiger partial charge in [0.25, 0.3) is 0 Å². The number of anilines is 2. The van der Waals surface area contributed by atoms with E-state index in [0.717, 1.165) is 16.8 Å². The van der Waals surface area contributed by atoms with Crippen LogP contribution in [0.1, 0.15) is 0 Å². The molecule has 0 saturated heterocycles. The SMILES string of the molecule is Nc1cn2cc(-c3ccc(O)c(N)c3)ccc2n1. The summed E-state index contributed by atoms with van der Waals surface area (Å²) in [6.07, 6.45) is 3.67. The van der Waals surface area contributed by atoms with Gasteiger partial charge in [0.15, 0.2) is 0 Å². The normalized spacial score (nSPS) is 10.9. The quantitative estimate of drug-likeness (QED) is 0.447. The molecule has 0 aliphatic carbocycles. The molecule has 0 aliphatic heterocycles. The Labute approximate surface area is 103 Å². The number of nitrogens with zero attached hydrogens (tertiary/aromatic N) is 2. The highest BCUT2D eigenvalue weighted by molar-refractivity contribution is 5.71. The summed E-state index contributed by atoms with van der Waals surface area (Å²) in [5.74, 6) is 0.573. The van der Waals surface area contributed by atoms with Crippen molar-refractivity contribution >= 4 is 17.2 Å². The number of rotatable bonds is 1. The molecule has 5 heteroatoms. The van der Waals surface area contributed by atoms with Crippen molar-refractivity contribution in [3.05, 3.63) is 42.7 Å². The highest BCUT2D eigenvalue weighted by Crippen LogP contribution is 2.27. The van der Waals surface area contributed by atoms with E-state index in [1.807, 2.05) is 28.8 Å². The Morgan fingerprint density at radius 1 is 1.00 bits per heavy atom. The summed E-state index contributed by atoms with van der Waals surface area (Å²) in [6, 6.07) is 8.95. The number of hydrogen-bond acceptors (Lipinski definition) is 4. The third-order valence-corrected chi connectivity index (χ3v) is 2.83. The number of phenolic OH excluding ortho intramolecular Hbond substituents is 1. The standard InChI is InChI=1S/C13H12N4O/c14-10-5-8(1-3-11(10)18)9-2-4-13-16-12(15)7-17(13)6-9/h1-7,18H,14-15H2. The first-order chi connectivity index (χ1) is 8.63. The smallest absolute Gasteiger partial charge is 0.142 e. The number of phenols is 1. The number of nitrogens with two attached hydrogens (primary N) is 2. The molecule has 0 spiro atoms. The fourth-order valence-corrected chi connectivity index (χ4v) is 1.92. The fourth-order valence-electron chi connectivity index (χ4n) is 1.92. The molecule has 2 heterocycles. The van der Waals surface area contributed by atoms with Gasteiger partial charge in [-0.3, -0.25) is 0 Å². The van der Waals surface area contributed by atoms with Gasteiger partial charge in [0.05, 0.1) is 11.9 Å². The molecule has 0 atom stereocenters. The first-order valence-electron chi connectivity index (χ1n) is 5.46. The van der Waals surface area contributed by atoms with Crippen molar-refractivity contribution in [1.82, 2.24) is 9.38 Å². The number of aromatic nitrogens is 2. The zero-order valence-electron chi connectivity index (χ0n) is 9.54. The number of aromatic hydroxyl groups is 1. The Kier molecular flexibility index (Phi) is 2.13. The van der Waals surface area contributed by atoms with Crippen LogP contribution >= 0.6 is 0 Å². The van der Waals surface area contributed by atoms with Crippen LogP contribution in [0.3, 0.4) is 0 Å². The Hall–Kier alpha value is -2.69. The van der Waals surface area contributed by atoms with E-state index in [-0.39, 0.29) is 5.75 Å². The van der Waals surface area contributed by atoms with Crippen LogP contribution in [-0.2, 0) is 0 Å². The predicted molar refractivity (Wildman–Crippen MR) is 71.1 cm³/mol. The van der Waals surface area contributed by atoms with Gasteiger partial charge in [-0.1, -0.05) is 6.07 Å². The maximum absolute atomic E-state index is 9.41. The van der Waals surface area contributed by atoms with E-state index < -0.39 is 0 Å². The van der Waals surface area contributed by atoms with Crippen molar-refractivity contribution in [2.45, 2.75) is 0 Å². The molecule has 0 fully saturated rings. The van der Waals surface area contributed by atoms with Gasteiger partial charge in [-0.2, -0.15) is 0 Å². The summed E-state index contributed by atoms with van der Waals surface area (Å²) < 4.78 is 1.85. The van der Waals surface area contributed by atoms with E-state index in [1.165, 1.54) is 0 Å². The number of hydrogen-bond donors (Lipinski definition) is 3. The van der Waals surface area contributed by atoms with Crippen LogP contribution in [0, 0.1) is 0 Å². The Balaban J connectivity index is 2.15. The zero-order valence-corrected chi connectivity index (χ0v) is 9.54. The number of nitrogen functional groups attached to an aromatic ring is 2. The molecule has 3 rings (SSSR count). The van der Waals surface area contributed by atoms with Crippen molar-refractivity contribution in [1.29, 1.82) is 0 Å². The van der Waals surface area contributed by atoms with Crippen molar-refractivity contribution in [2.24, 2.45) is 0 Å². The summed E-state index contributed by atoms with van der Waals surface area (Å²) in [4.78, 5) is 4.16. The molecule has 0 radical (unpaired) electrons. The number of imidazole rings is 1. The second kappa shape index (κ2) is 3.66. The minimum Gasteiger partial charge on any atom is -0.506 e. The number of benzene rings is 1. The number of pyridine rings is 1. The Bertz CT molecular complexity index is 733. The second-order valence-electron chi connectivity index (χ2n) is 4.12. The molecule has 2 aromatic heterocycles. The maximum atomic E-state index is 9.41. The third-order valence-electron chi connectivity index (χ3n) is 2.83. The summed E-state index contributed by atoms with van der Waals surface area (Å²) >= 11 is 0. The van der Waals surface area contributed by atoms with Crippen LogP contribution in [-0.4, -0.2) is 14.5 Å². The first-order valence-corrected chi connectivity index (χ1v) is 5.46. The Morgan fingerprint density at radius 3 is 2.56 bits per heavy atom. The van der Waals surface area contributed by atoms with Crippen LogP contribution < -0.4 is 11.5 Å². The van der Waals surface area contributed by atoms with E-state index in [4.69, 9.17) is 11.5 Å². The highest BCUT2D eigenvalue weighted by atomic mass is 16.3. The molecule has 90 valence electrons. The minimum absolute atomic E-state index is 0.0895. The Morgan fingerprint density at radius 2 is 1.78 bits per heavy atom. The fraction of sp³-hybridized carbons (Fsp3) is 0. The lowest BCUT2D eigenvalue weighted by molar-refractivity contribution is 0.478. The van der Waals surface area contributed by atoms with Gasteiger partial charge in [0.2, 0.25) is 0 Å². The molecule has 18 heavy (non-hydrogen) atoms. The van der Waals surface area contributed by atoms with Crippen molar-refractivity contribution in [3.63, 3.8) is 0 Å². The van der Waals surface area contributed by atoms with E-state index in [0.29, 0.717) is 11.5 Å². The topological polar surface area (TPSA) is 89.6 Å². The largest absolute Gasteiger partial charge is 0.506 e. The van der Waals surface area contributed by atoms with E-state index >= 15 is 0 Å². The lowest BCUT2D eigenvalue weighted by Crippen LogP contribution is -1.89. The lowest BCUT2D eigenvalue weighted by atomic mass is 10.1. The molecule has 0 unspecified atom stereocenters. The van der Waals surface area contributed by atoms with Crippen molar-refractivity contribution < 1.29 is 5.11 Å². The summed E-state index contributed by atoms with van der Waals surface area (Å²) in [5, 5.41) is 9.41. The number of fused-ring (bicyclic) bond motifs is 1. The molecule has 5 N–H and O–H groups in total. The van der Waals surface area contributed by atoms with Gasteiger partial charge in [0, 0.05) is 6.20 Å². The van der Waals surface area contributed by atoms with Gasteiger partial charge in [-0.25, -0.2) is 4.98 Å². The molecule has 0 saturated carbocycles. The van der Waals surface area contributed by atoms with Gasteiger partial charge >= 0.3 is 0 Å². The van der Waals surface area contributed by atoms with Crippen LogP contribution in [0.2, 0.25) is 0 Å². The van der Waals surface area contributed by atoms with Crippen molar-refractivity contribution in [3.8, 4) is 16.9 Å². The summed E-state index contributed by atoms with van der Waals surface area (Å²) in [6.45, 7) is 0. The lowest BCUT2D eigenvalue weighted by Gasteiger charge is -2.05. The van der Waals surface area contributed by atoms with E-state index in [1.54, 1.807) is 18.3 Å². The molecule has 0 bridgehead atoms. The summed E-state index contributed by atoms with van der Waals surface area (Å²) in [5.41, 5.74) is 14.4. The highest BCUT2D eigenvalue weighted by Gasteiger charge is 2.04. The maximum Gasteiger partial charge on any atom is 0.142 e. The molecule has 1 aromatic carbocycles. The van der Waals surface area contributed by atoms with Crippen LogP contribution in [0.25, 0.3) is 16.8 Å². The van der Waals surface area contributed by atoms with Gasteiger partial charge in [-0.15, -0.1) is 0 Å². The van der Waals surface area contributed by atoms with E-state index in [9.17, 15) is 5.11 Å². The molecule has 0 amide bonds. The summed E-state index contributed by atoms with van der Waals surface area (Å²) in [7, 11) is 0. The molecule has 0 aliphatic rings. The van der Waals surface area contributed by atoms with Crippen molar-refractivity contribution in [2.75, 3.05) is 11.5 Å². The van der Waals surface area contributed by atoms with Crippen LogP contribution in [0.15, 0.2) is 42.7 Å². The molecular weight excluding hydrogens is 228 g/mol. The average molecular weight is 240 g/mol. The second-order valence-corrected chi connectivity index (χ2v) is 4.12. The van der Waals surface area contributed by atoms with Gasteiger partial charge < -0.3 is 21.0 Å². The van der Waals surface area contributed by atoms with Crippen LogP contribution in [0.5, 0.6) is 5.75 Å². The third kappa shape index (κ3) is 1.62. The van der Waals surface area contributed by atoms with Crippen LogP contribution in [0.4, 0.5) is 11.5 Å². The average Bonchev–Trinajstić information content (AvgIpc) is 2.71. The zero-order chi connectivity index (χ0) is 12.7. The predicted octanol–water partition coefficient (Wildman–Crippen LogP) is 1.87. The van der Waals surface area contributed by atoms with Gasteiger partial charge in [-0.05, 0) is 35.4 Å².